The lowest BCUT2D eigenvalue weighted by atomic mass is 10.3. The molecule has 0 spiro atoms. The minimum absolute atomic E-state index is 0.175. The second-order valence-corrected chi connectivity index (χ2v) is 5.89. The number of nitrogens with one attached hydrogen (secondary N) is 1. The molecule has 118 valence electrons. The van der Waals surface area contributed by atoms with Crippen LogP contribution in [0.4, 0.5) is 10.1 Å². The van der Waals surface area contributed by atoms with Crippen LogP contribution in [0.3, 0.4) is 0 Å². The maximum absolute atomic E-state index is 13.5. The van der Waals surface area contributed by atoms with E-state index in [-0.39, 0.29) is 5.82 Å². The highest BCUT2D eigenvalue weighted by molar-refractivity contribution is 5.44. The number of halogens is 1. The maximum atomic E-state index is 13.5. The fourth-order valence-electron chi connectivity index (χ4n) is 2.53. The van der Waals surface area contributed by atoms with Crippen LogP contribution in [-0.4, -0.2) is 81.2 Å². The summed E-state index contributed by atoms with van der Waals surface area (Å²) in [6.07, 6.45) is 0. The first-order valence-corrected chi connectivity index (χ1v) is 7.73. The van der Waals surface area contributed by atoms with E-state index in [2.05, 4.69) is 34.1 Å². The van der Waals surface area contributed by atoms with E-state index in [1.54, 1.807) is 12.1 Å². The van der Waals surface area contributed by atoms with Gasteiger partial charge >= 0.3 is 0 Å². The maximum Gasteiger partial charge on any atom is 0.146 e. The number of hydrogen-bond acceptors (Lipinski definition) is 4. The van der Waals surface area contributed by atoms with E-state index < -0.39 is 0 Å². The SMILES string of the molecule is CN(C)CCN1CCN(CCNc2ccccc2F)CC1. The highest BCUT2D eigenvalue weighted by Gasteiger charge is 2.16. The second kappa shape index (κ2) is 8.32. The van der Waals surface area contributed by atoms with Crippen LogP contribution in [0.25, 0.3) is 0 Å². The van der Waals surface area contributed by atoms with Gasteiger partial charge in [-0.25, -0.2) is 4.39 Å². The van der Waals surface area contributed by atoms with Gasteiger partial charge in [0, 0.05) is 52.4 Å². The molecule has 0 aromatic heterocycles. The minimum atomic E-state index is -0.175. The zero-order chi connectivity index (χ0) is 15.1. The number of rotatable bonds is 7. The molecule has 1 aromatic rings. The summed E-state index contributed by atoms with van der Waals surface area (Å²) in [5.74, 6) is -0.175. The van der Waals surface area contributed by atoms with Gasteiger partial charge in [-0.05, 0) is 26.2 Å². The van der Waals surface area contributed by atoms with Gasteiger partial charge in [-0.3, -0.25) is 9.80 Å². The van der Waals surface area contributed by atoms with Crippen LogP contribution in [0.1, 0.15) is 0 Å². The number of anilines is 1. The van der Waals surface area contributed by atoms with Gasteiger partial charge in [0.05, 0.1) is 5.69 Å². The number of benzene rings is 1. The van der Waals surface area contributed by atoms with Crippen LogP contribution in [0.15, 0.2) is 24.3 Å². The molecule has 0 radical (unpaired) electrons. The van der Waals surface area contributed by atoms with Crippen LogP contribution in [0.2, 0.25) is 0 Å². The average Bonchev–Trinajstić information content (AvgIpc) is 2.48. The minimum Gasteiger partial charge on any atom is -0.381 e. The van der Waals surface area contributed by atoms with Crippen molar-refractivity contribution in [1.82, 2.24) is 14.7 Å². The Bertz CT molecular complexity index is 416. The summed E-state index contributed by atoms with van der Waals surface area (Å²) >= 11 is 0. The Hall–Kier alpha value is -1.17. The van der Waals surface area contributed by atoms with Crippen LogP contribution >= 0.6 is 0 Å². The third-order valence-electron chi connectivity index (χ3n) is 3.95. The summed E-state index contributed by atoms with van der Waals surface area (Å²) in [5.41, 5.74) is 0.599. The lowest BCUT2D eigenvalue weighted by Crippen LogP contribution is -2.48. The summed E-state index contributed by atoms with van der Waals surface area (Å²) in [5, 5.41) is 3.17. The monoisotopic (exact) mass is 294 g/mol. The van der Waals surface area contributed by atoms with Crippen molar-refractivity contribution in [2.24, 2.45) is 0 Å². The van der Waals surface area contributed by atoms with Gasteiger partial charge in [-0.2, -0.15) is 0 Å². The van der Waals surface area contributed by atoms with E-state index in [4.69, 9.17) is 0 Å². The molecule has 1 heterocycles. The second-order valence-electron chi connectivity index (χ2n) is 5.89. The van der Waals surface area contributed by atoms with Crippen LogP contribution in [-0.2, 0) is 0 Å². The van der Waals surface area contributed by atoms with Crippen LogP contribution < -0.4 is 5.32 Å². The van der Waals surface area contributed by atoms with Crippen LogP contribution in [0, 0.1) is 5.82 Å². The average molecular weight is 294 g/mol. The van der Waals surface area contributed by atoms with Crippen molar-refractivity contribution >= 4 is 5.69 Å². The third-order valence-corrected chi connectivity index (χ3v) is 3.95. The fraction of sp³-hybridized carbons (Fsp3) is 0.625. The van der Waals surface area contributed by atoms with Gasteiger partial charge in [0.25, 0.3) is 0 Å². The first-order chi connectivity index (χ1) is 10.1. The van der Waals surface area contributed by atoms with E-state index >= 15 is 0 Å². The molecule has 4 nitrogen and oxygen atoms in total. The summed E-state index contributed by atoms with van der Waals surface area (Å²) < 4.78 is 13.5. The predicted octanol–water partition coefficient (Wildman–Crippen LogP) is 1.42. The normalized spacial score (nSPS) is 17.3. The van der Waals surface area contributed by atoms with Gasteiger partial charge in [0.15, 0.2) is 0 Å². The zero-order valence-corrected chi connectivity index (χ0v) is 13.2. The standard InChI is InChI=1S/C16H27FN4/c1-19(2)9-10-21-13-11-20(12-14-21)8-7-18-16-6-4-3-5-15(16)17/h3-6,18H,7-14H2,1-2H3. The summed E-state index contributed by atoms with van der Waals surface area (Å²) in [6.45, 7) is 8.50. The molecule has 0 saturated carbocycles. The van der Waals surface area contributed by atoms with E-state index in [0.29, 0.717) is 5.69 Å². The number of hydrogen-bond donors (Lipinski definition) is 1. The van der Waals surface area contributed by atoms with Crippen molar-refractivity contribution in [3.8, 4) is 0 Å². The fourth-order valence-corrected chi connectivity index (χ4v) is 2.53. The molecule has 0 amide bonds. The highest BCUT2D eigenvalue weighted by Crippen LogP contribution is 2.11. The Kier molecular flexibility index (Phi) is 6.42. The van der Waals surface area contributed by atoms with Gasteiger partial charge in [-0.1, -0.05) is 12.1 Å². The lowest BCUT2D eigenvalue weighted by molar-refractivity contribution is 0.128. The Labute approximate surface area is 127 Å². The van der Waals surface area contributed by atoms with Gasteiger partial charge < -0.3 is 10.2 Å². The van der Waals surface area contributed by atoms with Crippen molar-refractivity contribution in [1.29, 1.82) is 0 Å². The molecule has 2 rings (SSSR count). The number of para-hydroxylation sites is 1. The third kappa shape index (κ3) is 5.61. The Morgan fingerprint density at radius 2 is 1.67 bits per heavy atom. The smallest absolute Gasteiger partial charge is 0.146 e. The van der Waals surface area contributed by atoms with Gasteiger partial charge in [-0.15, -0.1) is 0 Å². The summed E-state index contributed by atoms with van der Waals surface area (Å²) in [4.78, 5) is 7.19. The van der Waals surface area contributed by atoms with Gasteiger partial charge in [0.1, 0.15) is 5.82 Å². The molecule has 0 bridgehead atoms. The molecule has 1 aliphatic rings. The number of piperazine rings is 1. The number of nitrogens with zero attached hydrogens (tertiary/aromatic N) is 3. The molecule has 21 heavy (non-hydrogen) atoms. The molecule has 0 aliphatic carbocycles. The molecule has 1 aromatic carbocycles. The molecule has 5 heteroatoms. The number of likely N-dealkylation sites (N-methyl/N-ethyl adjacent to an activating group) is 1. The Morgan fingerprint density at radius 1 is 1.05 bits per heavy atom. The molecular weight excluding hydrogens is 267 g/mol. The molecule has 0 atom stereocenters. The predicted molar refractivity (Wildman–Crippen MR) is 86.3 cm³/mol. The summed E-state index contributed by atoms with van der Waals surface area (Å²) in [7, 11) is 4.23. The van der Waals surface area contributed by atoms with E-state index in [0.717, 1.165) is 52.4 Å². The highest BCUT2D eigenvalue weighted by atomic mass is 19.1. The Balaban J connectivity index is 1.62. The van der Waals surface area contributed by atoms with E-state index in [1.807, 2.05) is 6.07 Å². The lowest BCUT2D eigenvalue weighted by Gasteiger charge is -2.35. The molecule has 0 unspecified atom stereocenters. The quantitative estimate of drug-likeness (QED) is 0.821. The van der Waals surface area contributed by atoms with Crippen molar-refractivity contribution < 1.29 is 4.39 Å². The molecule has 1 aliphatic heterocycles. The molecular formula is C16H27FN4. The van der Waals surface area contributed by atoms with Crippen LogP contribution in [0.5, 0.6) is 0 Å². The van der Waals surface area contributed by atoms with E-state index in [9.17, 15) is 4.39 Å². The van der Waals surface area contributed by atoms with E-state index in [1.165, 1.54) is 6.07 Å². The van der Waals surface area contributed by atoms with Gasteiger partial charge in [0.2, 0.25) is 0 Å². The van der Waals surface area contributed by atoms with Crippen molar-refractivity contribution in [3.05, 3.63) is 30.1 Å². The van der Waals surface area contributed by atoms with Crippen molar-refractivity contribution in [2.45, 2.75) is 0 Å². The largest absolute Gasteiger partial charge is 0.381 e. The van der Waals surface area contributed by atoms with Crippen molar-refractivity contribution in [2.75, 3.05) is 71.8 Å². The first-order valence-electron chi connectivity index (χ1n) is 7.73. The molecule has 1 saturated heterocycles. The van der Waals surface area contributed by atoms with Crippen molar-refractivity contribution in [3.63, 3.8) is 0 Å². The Morgan fingerprint density at radius 3 is 2.29 bits per heavy atom. The molecule has 1 N–H and O–H groups in total. The first kappa shape index (κ1) is 16.2. The molecule has 1 fully saturated rings. The zero-order valence-electron chi connectivity index (χ0n) is 13.2. The topological polar surface area (TPSA) is 21.8 Å². The summed E-state index contributed by atoms with van der Waals surface area (Å²) in [6, 6.07) is 6.85.